The van der Waals surface area contributed by atoms with Crippen LogP contribution in [0.4, 0.5) is 14.5 Å². The van der Waals surface area contributed by atoms with Gasteiger partial charge in [0.25, 0.3) is 11.5 Å². The zero-order chi connectivity index (χ0) is 29.5. The molecule has 42 heavy (non-hydrogen) atoms. The van der Waals surface area contributed by atoms with Crippen LogP contribution >= 0.6 is 0 Å². The second kappa shape index (κ2) is 10.6. The van der Waals surface area contributed by atoms with Crippen molar-refractivity contribution in [1.29, 1.82) is 0 Å². The van der Waals surface area contributed by atoms with Crippen molar-refractivity contribution in [3.8, 4) is 28.2 Å². The number of carbonyl (C=O) groups excluding carboxylic acids is 1. The maximum absolute atomic E-state index is 15.5. The number of hydrogen-bond donors (Lipinski definition) is 1. The van der Waals surface area contributed by atoms with Crippen LogP contribution in [0.2, 0.25) is 0 Å². The van der Waals surface area contributed by atoms with Gasteiger partial charge in [-0.3, -0.25) is 18.8 Å². The van der Waals surface area contributed by atoms with Crippen molar-refractivity contribution >= 4 is 11.6 Å². The number of aryl methyl sites for hydroxylation is 2. The Labute approximate surface area is 239 Å². The highest BCUT2D eigenvalue weighted by Crippen LogP contribution is 2.35. The Morgan fingerprint density at radius 2 is 1.95 bits per heavy atom. The molecule has 1 aliphatic rings. The summed E-state index contributed by atoms with van der Waals surface area (Å²) in [5.41, 5.74) is 2.86. The first-order chi connectivity index (χ1) is 20.2. The largest absolute Gasteiger partial charge is 0.319 e. The third kappa shape index (κ3) is 4.80. The fourth-order valence-corrected chi connectivity index (χ4v) is 5.33. The molecule has 1 aliphatic heterocycles. The average molecular weight is 569 g/mol. The van der Waals surface area contributed by atoms with Crippen LogP contribution in [0.15, 0.2) is 78.3 Å². The molecule has 12 heteroatoms. The molecule has 3 aromatic heterocycles. The summed E-state index contributed by atoms with van der Waals surface area (Å²) < 4.78 is 34.9. The molecule has 0 saturated heterocycles. The molecule has 0 unspecified atom stereocenters. The summed E-state index contributed by atoms with van der Waals surface area (Å²) in [5.74, 6) is -1.40. The second-order valence-electron chi connectivity index (χ2n) is 10.2. The lowest BCUT2D eigenvalue weighted by atomic mass is 9.95. The molecule has 0 fully saturated rings. The molecular formula is C30H26F2N8O2. The first-order valence-corrected chi connectivity index (χ1v) is 13.3. The van der Waals surface area contributed by atoms with Crippen LogP contribution in [0.5, 0.6) is 0 Å². The molecule has 10 nitrogen and oxygen atoms in total. The molecule has 2 bridgehead atoms. The topological polar surface area (TPSA) is 113 Å². The van der Waals surface area contributed by atoms with Crippen LogP contribution in [-0.2, 0) is 11.8 Å². The van der Waals surface area contributed by atoms with E-state index in [1.54, 1.807) is 43.0 Å². The smallest absolute Gasteiger partial charge is 0.254 e. The third-order valence-electron chi connectivity index (χ3n) is 7.45. The quantitative estimate of drug-likeness (QED) is 0.315. The van der Waals surface area contributed by atoms with Gasteiger partial charge >= 0.3 is 0 Å². The Bertz CT molecular complexity index is 1910. The van der Waals surface area contributed by atoms with Crippen molar-refractivity contribution in [2.45, 2.75) is 32.2 Å². The number of nitrogens with one attached hydrogen (secondary N) is 1. The minimum absolute atomic E-state index is 0.113. The predicted molar refractivity (Wildman–Crippen MR) is 152 cm³/mol. The van der Waals surface area contributed by atoms with Crippen molar-refractivity contribution in [3.63, 3.8) is 0 Å². The molecule has 0 radical (unpaired) electrons. The highest BCUT2D eigenvalue weighted by Gasteiger charge is 2.24. The standard InChI is InChI=1S/C30H26F2N8O2/c1-17-7-8-25(40-10-9-34-37-40)27(28(17)32)22-14-26(41)39(16-33-22)24-6-4-5-18(2)30(42)36-23-15-35-38(3)29(23)20-11-19(24)12-21(31)13-20/h7-16,24H,2,4-6H2,1,3H3,(H,36,42)/t24-/m0/s1. The van der Waals surface area contributed by atoms with E-state index >= 15 is 8.78 Å². The normalized spacial score (nSPS) is 15.5. The molecule has 5 aromatic rings. The number of fused-ring (bicyclic) bond motifs is 4. The molecule has 4 heterocycles. The maximum Gasteiger partial charge on any atom is 0.254 e. The molecule has 0 spiro atoms. The Morgan fingerprint density at radius 1 is 1.12 bits per heavy atom. The zero-order valence-corrected chi connectivity index (χ0v) is 22.9. The van der Waals surface area contributed by atoms with E-state index in [4.69, 9.17) is 0 Å². The third-order valence-corrected chi connectivity index (χ3v) is 7.45. The van der Waals surface area contributed by atoms with Crippen molar-refractivity contribution < 1.29 is 13.6 Å². The first kappa shape index (κ1) is 26.9. The fraction of sp³-hybridized carbons (Fsp3) is 0.200. The van der Waals surface area contributed by atoms with E-state index in [9.17, 15) is 9.59 Å². The predicted octanol–water partition coefficient (Wildman–Crippen LogP) is 4.75. The van der Waals surface area contributed by atoms with E-state index in [0.717, 1.165) is 0 Å². The summed E-state index contributed by atoms with van der Waals surface area (Å²) >= 11 is 0. The lowest BCUT2D eigenvalue weighted by molar-refractivity contribution is -0.113. The van der Waals surface area contributed by atoms with E-state index in [2.05, 4.69) is 32.3 Å². The number of hydrogen-bond acceptors (Lipinski definition) is 6. The van der Waals surface area contributed by atoms with Crippen LogP contribution in [0, 0.1) is 18.6 Å². The van der Waals surface area contributed by atoms with Gasteiger partial charge in [0.15, 0.2) is 0 Å². The van der Waals surface area contributed by atoms with Crippen molar-refractivity contribution in [1.82, 2.24) is 34.3 Å². The minimum Gasteiger partial charge on any atom is -0.319 e. The highest BCUT2D eigenvalue weighted by molar-refractivity contribution is 6.05. The van der Waals surface area contributed by atoms with Crippen molar-refractivity contribution in [2.75, 3.05) is 5.32 Å². The van der Waals surface area contributed by atoms with E-state index in [-0.39, 0.29) is 17.2 Å². The number of carbonyl (C=O) groups is 1. The number of halogens is 2. The first-order valence-electron chi connectivity index (χ1n) is 13.3. The molecule has 212 valence electrons. The van der Waals surface area contributed by atoms with Crippen molar-refractivity contribution in [3.05, 3.63) is 107 Å². The number of rotatable bonds is 3. The second-order valence-corrected chi connectivity index (χ2v) is 10.2. The average Bonchev–Trinajstić information content (AvgIpc) is 3.62. The van der Waals surface area contributed by atoms with Gasteiger partial charge in [-0.1, -0.05) is 17.9 Å². The molecular weight excluding hydrogens is 542 g/mol. The van der Waals surface area contributed by atoms with E-state index in [0.29, 0.717) is 58.6 Å². The van der Waals surface area contributed by atoms with E-state index in [1.165, 1.54) is 46.2 Å². The highest BCUT2D eigenvalue weighted by atomic mass is 19.1. The van der Waals surface area contributed by atoms with Crippen LogP contribution in [0.3, 0.4) is 0 Å². The molecule has 0 saturated carbocycles. The summed E-state index contributed by atoms with van der Waals surface area (Å²) in [7, 11) is 1.69. The lowest BCUT2D eigenvalue weighted by Gasteiger charge is -2.22. The number of anilines is 1. The molecule has 0 aliphatic carbocycles. The van der Waals surface area contributed by atoms with Crippen LogP contribution < -0.4 is 10.9 Å². The summed E-state index contributed by atoms with van der Waals surface area (Å²) in [6.07, 6.45) is 7.12. The Kier molecular flexibility index (Phi) is 6.81. The monoisotopic (exact) mass is 568 g/mol. The van der Waals surface area contributed by atoms with Gasteiger partial charge < -0.3 is 5.32 Å². The van der Waals surface area contributed by atoms with Gasteiger partial charge in [-0.05, 0) is 61.6 Å². The van der Waals surface area contributed by atoms with Crippen molar-refractivity contribution in [2.24, 2.45) is 7.05 Å². The van der Waals surface area contributed by atoms with Gasteiger partial charge in [-0.25, -0.2) is 18.4 Å². The summed E-state index contributed by atoms with van der Waals surface area (Å²) in [6.45, 7) is 5.55. The fourth-order valence-electron chi connectivity index (χ4n) is 5.33. The Hall–Kier alpha value is -5.26. The van der Waals surface area contributed by atoms with Gasteiger partial charge in [0, 0.05) is 24.3 Å². The van der Waals surface area contributed by atoms with E-state index in [1.807, 2.05) is 0 Å². The molecule has 1 amide bonds. The minimum atomic E-state index is -0.627. The molecule has 2 aromatic carbocycles. The number of nitrogens with zero attached hydrogens (tertiary/aromatic N) is 7. The van der Waals surface area contributed by atoms with Gasteiger partial charge in [0.2, 0.25) is 0 Å². The molecule has 6 rings (SSSR count). The number of amides is 1. The van der Waals surface area contributed by atoms with Crippen LogP contribution in [0.25, 0.3) is 28.2 Å². The molecule has 1 atom stereocenters. The van der Waals surface area contributed by atoms with Crippen LogP contribution in [0.1, 0.15) is 36.4 Å². The van der Waals surface area contributed by atoms with Gasteiger partial charge in [0.1, 0.15) is 11.6 Å². The summed E-state index contributed by atoms with van der Waals surface area (Å²) in [5, 5.41) is 14.8. The Balaban J connectivity index is 1.48. The van der Waals surface area contributed by atoms with Gasteiger partial charge in [0.05, 0.1) is 59.3 Å². The number of benzene rings is 2. The molecule has 1 N–H and O–H groups in total. The lowest BCUT2D eigenvalue weighted by Crippen LogP contribution is -2.26. The van der Waals surface area contributed by atoms with Crippen LogP contribution in [-0.4, -0.2) is 40.2 Å². The summed E-state index contributed by atoms with van der Waals surface area (Å²) in [4.78, 5) is 31.0. The number of aromatic nitrogens is 7. The summed E-state index contributed by atoms with van der Waals surface area (Å²) in [6, 6.07) is 8.45. The zero-order valence-electron chi connectivity index (χ0n) is 22.9. The van der Waals surface area contributed by atoms with Gasteiger partial charge in [-0.2, -0.15) is 5.10 Å². The maximum atomic E-state index is 15.5. The SMILES string of the molecule is C=C1CCC[C@H](n2cnc(-c3c(-n4ccnn4)ccc(C)c3F)cc2=O)c2cc(F)cc(c2)-c2c(cnn2C)NC1=O. The Morgan fingerprint density at radius 3 is 2.71 bits per heavy atom. The van der Waals surface area contributed by atoms with Gasteiger partial charge in [-0.15, -0.1) is 5.10 Å². The van der Waals surface area contributed by atoms with E-state index < -0.39 is 23.2 Å².